The van der Waals surface area contributed by atoms with E-state index < -0.39 is 6.04 Å². The van der Waals surface area contributed by atoms with Crippen LogP contribution < -0.4 is 10.6 Å². The van der Waals surface area contributed by atoms with E-state index in [1.54, 1.807) is 12.3 Å². The summed E-state index contributed by atoms with van der Waals surface area (Å²) >= 11 is 0. The first kappa shape index (κ1) is 17.7. The molecule has 0 aliphatic carbocycles. The number of pyridine rings is 1. The molecule has 0 bridgehead atoms. The Morgan fingerprint density at radius 2 is 1.79 bits per heavy atom. The number of carbonyl (C=O) groups excluding carboxylic acids is 2. The molecular weight excluding hydrogens is 302 g/mol. The molecule has 0 spiro atoms. The Morgan fingerprint density at radius 3 is 2.38 bits per heavy atom. The van der Waals surface area contributed by atoms with Crippen molar-refractivity contribution in [1.29, 1.82) is 0 Å². The second-order valence-corrected chi connectivity index (χ2v) is 6.16. The number of benzene rings is 1. The van der Waals surface area contributed by atoms with E-state index >= 15 is 0 Å². The van der Waals surface area contributed by atoms with Crippen molar-refractivity contribution in [3.05, 3.63) is 59.8 Å². The van der Waals surface area contributed by atoms with Crippen molar-refractivity contribution in [3.63, 3.8) is 0 Å². The van der Waals surface area contributed by atoms with Crippen LogP contribution >= 0.6 is 0 Å². The Bertz CT molecular complexity index is 682. The van der Waals surface area contributed by atoms with E-state index in [4.69, 9.17) is 0 Å². The number of carbonyl (C=O) groups is 2. The zero-order valence-corrected chi connectivity index (χ0v) is 14.2. The zero-order valence-electron chi connectivity index (χ0n) is 14.2. The molecule has 0 saturated carbocycles. The van der Waals surface area contributed by atoms with Crippen LogP contribution in [0.15, 0.2) is 48.7 Å². The van der Waals surface area contributed by atoms with Crippen molar-refractivity contribution in [2.45, 2.75) is 33.2 Å². The molecule has 1 atom stereocenters. The Kier molecular flexibility index (Phi) is 6.07. The smallest absolute Gasteiger partial charge is 0.248 e. The van der Waals surface area contributed by atoms with Crippen LogP contribution in [0.3, 0.4) is 0 Å². The highest BCUT2D eigenvalue weighted by atomic mass is 16.2. The molecular formula is C19H23N3O2. The van der Waals surface area contributed by atoms with Gasteiger partial charge in [-0.2, -0.15) is 0 Å². The zero-order chi connectivity index (χ0) is 17.5. The molecule has 24 heavy (non-hydrogen) atoms. The fraction of sp³-hybridized carbons (Fsp3) is 0.316. The van der Waals surface area contributed by atoms with Crippen LogP contribution in [0.4, 0.5) is 5.82 Å². The Balaban J connectivity index is 1.98. The lowest BCUT2D eigenvalue weighted by atomic mass is 10.0. The number of anilines is 1. The molecule has 2 rings (SSSR count). The van der Waals surface area contributed by atoms with Gasteiger partial charge in [0.25, 0.3) is 0 Å². The van der Waals surface area contributed by atoms with Crippen LogP contribution in [0.1, 0.15) is 25.0 Å². The summed E-state index contributed by atoms with van der Waals surface area (Å²) in [5.41, 5.74) is 1.93. The van der Waals surface area contributed by atoms with Crippen LogP contribution in [0, 0.1) is 12.8 Å². The van der Waals surface area contributed by atoms with E-state index in [0.29, 0.717) is 5.82 Å². The van der Waals surface area contributed by atoms with E-state index in [2.05, 4.69) is 15.6 Å². The summed E-state index contributed by atoms with van der Waals surface area (Å²) in [5, 5.41) is 5.57. The van der Waals surface area contributed by atoms with E-state index in [0.717, 1.165) is 11.1 Å². The number of hydrogen-bond acceptors (Lipinski definition) is 3. The normalized spacial score (nSPS) is 11.8. The van der Waals surface area contributed by atoms with Crippen molar-refractivity contribution in [2.24, 2.45) is 5.92 Å². The molecule has 1 heterocycles. The predicted molar refractivity (Wildman–Crippen MR) is 94.5 cm³/mol. The molecule has 126 valence electrons. The van der Waals surface area contributed by atoms with Gasteiger partial charge in [-0.3, -0.25) is 9.59 Å². The third-order valence-electron chi connectivity index (χ3n) is 3.64. The first-order valence-corrected chi connectivity index (χ1v) is 8.02. The molecule has 0 fully saturated rings. The molecule has 1 aromatic heterocycles. The minimum Gasteiger partial charge on any atom is -0.344 e. The highest BCUT2D eigenvalue weighted by Gasteiger charge is 2.24. The monoisotopic (exact) mass is 325 g/mol. The van der Waals surface area contributed by atoms with Gasteiger partial charge in [0.05, 0.1) is 6.42 Å². The summed E-state index contributed by atoms with van der Waals surface area (Å²) in [6, 6.07) is 12.5. The van der Waals surface area contributed by atoms with Crippen LogP contribution in [0.5, 0.6) is 0 Å². The van der Waals surface area contributed by atoms with Crippen molar-refractivity contribution < 1.29 is 9.59 Å². The first-order valence-electron chi connectivity index (χ1n) is 8.02. The number of nitrogens with one attached hydrogen (secondary N) is 2. The van der Waals surface area contributed by atoms with Gasteiger partial charge in [-0.15, -0.1) is 0 Å². The molecule has 5 nitrogen and oxygen atoms in total. The third kappa shape index (κ3) is 5.19. The van der Waals surface area contributed by atoms with Gasteiger partial charge in [-0.25, -0.2) is 4.98 Å². The lowest BCUT2D eigenvalue weighted by molar-refractivity contribution is -0.127. The summed E-state index contributed by atoms with van der Waals surface area (Å²) in [6.07, 6.45) is 1.94. The maximum Gasteiger partial charge on any atom is 0.248 e. The number of amides is 2. The van der Waals surface area contributed by atoms with Gasteiger partial charge in [0.15, 0.2) is 0 Å². The number of aryl methyl sites for hydroxylation is 1. The third-order valence-corrected chi connectivity index (χ3v) is 3.64. The lowest BCUT2D eigenvalue weighted by Crippen LogP contribution is -2.47. The fourth-order valence-corrected chi connectivity index (χ4v) is 2.29. The first-order chi connectivity index (χ1) is 11.5. The predicted octanol–water partition coefficient (Wildman–Crippen LogP) is 2.71. The van der Waals surface area contributed by atoms with Gasteiger partial charge in [-0.05, 0) is 30.0 Å². The molecule has 0 aliphatic heterocycles. The van der Waals surface area contributed by atoms with Crippen molar-refractivity contribution in [2.75, 3.05) is 5.32 Å². The highest BCUT2D eigenvalue weighted by molar-refractivity contribution is 5.96. The minimum absolute atomic E-state index is 0.0322. The van der Waals surface area contributed by atoms with E-state index in [9.17, 15) is 9.59 Å². The van der Waals surface area contributed by atoms with Gasteiger partial charge in [-0.1, -0.05) is 50.2 Å². The number of aromatic nitrogens is 1. The summed E-state index contributed by atoms with van der Waals surface area (Å²) in [5.74, 6) is 0.0124. The van der Waals surface area contributed by atoms with Gasteiger partial charge in [0.2, 0.25) is 11.8 Å². The Morgan fingerprint density at radius 1 is 1.08 bits per heavy atom. The fourth-order valence-electron chi connectivity index (χ4n) is 2.29. The standard InChI is InChI=1S/C19H23N3O2/c1-13(2)18(19(24)21-16-10-9-14(3)12-20-16)22-17(23)11-15-7-5-4-6-8-15/h4-10,12-13,18H,11H2,1-3H3,(H,22,23)(H,20,21,24)/t18-/m0/s1. The second kappa shape index (κ2) is 8.24. The molecule has 2 amide bonds. The van der Waals surface area contributed by atoms with E-state index in [-0.39, 0.29) is 24.2 Å². The van der Waals surface area contributed by atoms with Gasteiger partial charge in [0.1, 0.15) is 11.9 Å². The topological polar surface area (TPSA) is 71.1 Å². The van der Waals surface area contributed by atoms with Crippen LogP contribution in [0.25, 0.3) is 0 Å². The van der Waals surface area contributed by atoms with Crippen molar-refractivity contribution in [3.8, 4) is 0 Å². The molecule has 0 unspecified atom stereocenters. The van der Waals surface area contributed by atoms with Crippen molar-refractivity contribution in [1.82, 2.24) is 10.3 Å². The summed E-state index contributed by atoms with van der Waals surface area (Å²) in [7, 11) is 0. The van der Waals surface area contributed by atoms with E-state index in [1.165, 1.54) is 0 Å². The average molecular weight is 325 g/mol. The summed E-state index contributed by atoms with van der Waals surface area (Å²) in [4.78, 5) is 28.8. The van der Waals surface area contributed by atoms with E-state index in [1.807, 2.05) is 57.2 Å². The highest BCUT2D eigenvalue weighted by Crippen LogP contribution is 2.09. The quantitative estimate of drug-likeness (QED) is 0.858. The van der Waals surface area contributed by atoms with Gasteiger partial charge in [0, 0.05) is 6.20 Å². The Labute approximate surface area is 142 Å². The van der Waals surface area contributed by atoms with Crippen LogP contribution in [0.2, 0.25) is 0 Å². The minimum atomic E-state index is -0.607. The second-order valence-electron chi connectivity index (χ2n) is 6.16. The SMILES string of the molecule is Cc1ccc(NC(=O)[C@@H](NC(=O)Cc2ccccc2)C(C)C)nc1. The van der Waals surface area contributed by atoms with Crippen LogP contribution in [-0.4, -0.2) is 22.8 Å². The van der Waals surface area contributed by atoms with Crippen LogP contribution in [-0.2, 0) is 16.0 Å². The molecule has 2 aromatic rings. The van der Waals surface area contributed by atoms with Gasteiger partial charge >= 0.3 is 0 Å². The Hall–Kier alpha value is -2.69. The maximum absolute atomic E-state index is 12.5. The average Bonchev–Trinajstić information content (AvgIpc) is 2.55. The van der Waals surface area contributed by atoms with Gasteiger partial charge < -0.3 is 10.6 Å². The van der Waals surface area contributed by atoms with Crippen molar-refractivity contribution >= 4 is 17.6 Å². The molecule has 0 radical (unpaired) electrons. The largest absolute Gasteiger partial charge is 0.344 e. The molecule has 5 heteroatoms. The number of rotatable bonds is 6. The number of hydrogen-bond donors (Lipinski definition) is 2. The summed E-state index contributed by atoms with van der Waals surface area (Å²) < 4.78 is 0. The molecule has 0 saturated heterocycles. The maximum atomic E-state index is 12.5. The number of nitrogens with zero attached hydrogens (tertiary/aromatic N) is 1. The lowest BCUT2D eigenvalue weighted by Gasteiger charge is -2.21. The summed E-state index contributed by atoms with van der Waals surface area (Å²) in [6.45, 7) is 5.73. The molecule has 0 aliphatic rings. The molecule has 2 N–H and O–H groups in total. The molecule has 1 aromatic carbocycles.